The summed E-state index contributed by atoms with van der Waals surface area (Å²) in [6.07, 6.45) is 8.02. The highest BCUT2D eigenvalue weighted by Gasteiger charge is 2.26. The van der Waals surface area contributed by atoms with Gasteiger partial charge in [0.25, 0.3) is 5.91 Å². The summed E-state index contributed by atoms with van der Waals surface area (Å²) in [5.41, 5.74) is 10.1. The monoisotopic (exact) mass is 631 g/mol. The van der Waals surface area contributed by atoms with Gasteiger partial charge in [0.1, 0.15) is 9.79 Å². The molecule has 0 unspecified atom stereocenters. The maximum atomic E-state index is 14.5. The minimum Gasteiger partial charge on any atom is -0.465 e. The van der Waals surface area contributed by atoms with Crippen LogP contribution in [-0.2, 0) is 37.3 Å². The van der Waals surface area contributed by atoms with Crippen molar-refractivity contribution >= 4 is 37.5 Å². The maximum absolute atomic E-state index is 14.5. The fraction of sp³-hybridized carbons (Fsp3) is 0.464. The number of hydrogen-bond donors (Lipinski definition) is 2. The Balaban J connectivity index is 0.000000422. The second-order valence-electron chi connectivity index (χ2n) is 9.62. The number of ether oxygens (including phenoxy) is 1. The van der Waals surface area contributed by atoms with Crippen LogP contribution in [0.5, 0.6) is 0 Å². The predicted octanol–water partition coefficient (Wildman–Crippen LogP) is 4.12. The minimum atomic E-state index is -3.82. The zero-order valence-electron chi connectivity index (χ0n) is 24.5. The van der Waals surface area contributed by atoms with Crippen LogP contribution in [0.1, 0.15) is 84.2 Å². The molecule has 0 aliphatic carbocycles. The highest BCUT2D eigenvalue weighted by molar-refractivity contribution is 7.91. The Morgan fingerprint density at radius 3 is 1.52 bits per heavy atom. The molecule has 234 valence electrons. The van der Waals surface area contributed by atoms with Crippen LogP contribution < -0.4 is 11.5 Å². The normalized spacial score (nSPS) is 11.3. The Bertz CT molecular complexity index is 1520. The molecule has 4 N–H and O–H groups in total. The third-order valence-corrected chi connectivity index (χ3v) is 8.43. The van der Waals surface area contributed by atoms with Crippen LogP contribution in [0.25, 0.3) is 0 Å². The van der Waals surface area contributed by atoms with Crippen LogP contribution in [0.15, 0.2) is 39.0 Å². The van der Waals surface area contributed by atoms with Gasteiger partial charge < -0.3 is 16.2 Å². The van der Waals surface area contributed by atoms with Gasteiger partial charge in [-0.25, -0.2) is 30.4 Å². The fourth-order valence-corrected chi connectivity index (χ4v) is 6.29. The summed E-state index contributed by atoms with van der Waals surface area (Å²) in [4.78, 5) is 25.6. The second kappa shape index (κ2) is 16.3. The Labute approximate surface area is 246 Å². The zero-order chi connectivity index (χ0) is 32.3. The molecular weight excluding hydrogens is 592 g/mol. The number of aryl methyl sites for hydroxylation is 2. The largest absolute Gasteiger partial charge is 0.465 e. The Morgan fingerprint density at radius 1 is 0.762 bits per heavy atom. The minimum absolute atomic E-state index is 0.354. The molecule has 0 aromatic heterocycles. The topological polar surface area (TPSA) is 176 Å². The van der Waals surface area contributed by atoms with Crippen molar-refractivity contribution in [3.8, 4) is 0 Å². The molecule has 0 aliphatic rings. The van der Waals surface area contributed by atoms with Crippen molar-refractivity contribution < 1.29 is 39.9 Å². The van der Waals surface area contributed by atoms with Crippen LogP contribution in [0.4, 0.5) is 8.78 Å². The first-order valence-electron chi connectivity index (χ1n) is 13.3. The number of benzene rings is 2. The van der Waals surface area contributed by atoms with Crippen molar-refractivity contribution in [1.82, 2.24) is 0 Å². The molecule has 1 amide bonds. The molecule has 0 aliphatic heterocycles. The highest BCUT2D eigenvalue weighted by Crippen LogP contribution is 2.26. The number of esters is 1. The van der Waals surface area contributed by atoms with Gasteiger partial charge in [0.15, 0.2) is 37.3 Å². The van der Waals surface area contributed by atoms with Gasteiger partial charge >= 0.3 is 5.97 Å². The third-order valence-electron chi connectivity index (χ3n) is 6.06. The number of hydrogen-bond acceptors (Lipinski definition) is 7. The van der Waals surface area contributed by atoms with E-state index < -0.39 is 64.5 Å². The SMILES string of the molecule is CCCCCc1ccc(C(=O)N=C(N)N)c(F)c1S(C)(=O)=O.CCCCCc1ccc(C(=O)OC)c(F)c1S(C)(=O)=O. The number of nitrogens with two attached hydrogens (primary N) is 2. The maximum Gasteiger partial charge on any atom is 0.340 e. The average Bonchev–Trinajstić information content (AvgIpc) is 2.87. The molecule has 0 radical (unpaired) electrons. The van der Waals surface area contributed by atoms with Gasteiger partial charge in [-0.3, -0.25) is 4.79 Å². The van der Waals surface area contributed by atoms with E-state index in [1.54, 1.807) is 0 Å². The number of guanidine groups is 1. The van der Waals surface area contributed by atoms with Crippen molar-refractivity contribution in [3.05, 3.63) is 58.2 Å². The molecule has 0 atom stereocenters. The summed E-state index contributed by atoms with van der Waals surface area (Å²) in [6, 6.07) is 5.41. The van der Waals surface area contributed by atoms with Gasteiger partial charge in [-0.05, 0) is 48.9 Å². The zero-order valence-corrected chi connectivity index (χ0v) is 26.1. The number of rotatable bonds is 12. The van der Waals surface area contributed by atoms with Gasteiger partial charge in [0.05, 0.1) is 18.2 Å². The van der Waals surface area contributed by atoms with E-state index in [0.29, 0.717) is 24.0 Å². The highest BCUT2D eigenvalue weighted by atomic mass is 32.2. The molecular formula is C28H39F2N3O7S2. The standard InChI is InChI=1S/C14H20FN3O3S.C14H19FO4S/c1-3-4-5-6-9-7-8-10(13(19)18-14(16)17)11(15)12(9)22(2,20)21;1-4-5-6-7-10-8-9-11(14(16)19-2)12(15)13(10)20(3,17)18/h7-8H,3-6H2,1-2H3,(H4,16,17,18,19);8-9H,4-7H2,1-3H3. The molecule has 10 nitrogen and oxygen atoms in total. The molecule has 42 heavy (non-hydrogen) atoms. The van der Waals surface area contributed by atoms with Crippen LogP contribution in [0, 0.1) is 11.6 Å². The Hall–Kier alpha value is -3.39. The lowest BCUT2D eigenvalue weighted by Crippen LogP contribution is -2.24. The summed E-state index contributed by atoms with van der Waals surface area (Å²) in [5.74, 6) is -4.54. The fourth-order valence-electron chi connectivity index (χ4n) is 4.13. The third kappa shape index (κ3) is 10.5. The number of nitrogens with zero attached hydrogens (tertiary/aromatic N) is 1. The number of sulfone groups is 2. The van der Waals surface area contributed by atoms with E-state index >= 15 is 0 Å². The molecule has 0 saturated carbocycles. The van der Waals surface area contributed by atoms with E-state index in [4.69, 9.17) is 11.5 Å². The lowest BCUT2D eigenvalue weighted by Gasteiger charge is -2.11. The van der Waals surface area contributed by atoms with Crippen LogP contribution >= 0.6 is 0 Å². The first kappa shape index (κ1) is 36.6. The molecule has 14 heteroatoms. The van der Waals surface area contributed by atoms with Gasteiger partial charge in [0, 0.05) is 12.5 Å². The van der Waals surface area contributed by atoms with Crippen molar-refractivity contribution in [1.29, 1.82) is 0 Å². The van der Waals surface area contributed by atoms with Crippen LogP contribution in [-0.4, -0.2) is 54.3 Å². The van der Waals surface area contributed by atoms with Crippen LogP contribution in [0.2, 0.25) is 0 Å². The van der Waals surface area contributed by atoms with Gasteiger partial charge in [-0.15, -0.1) is 0 Å². The summed E-state index contributed by atoms with van der Waals surface area (Å²) < 4.78 is 80.5. The summed E-state index contributed by atoms with van der Waals surface area (Å²) >= 11 is 0. The van der Waals surface area contributed by atoms with Gasteiger partial charge in [-0.1, -0.05) is 51.7 Å². The average molecular weight is 632 g/mol. The number of amides is 1. The van der Waals surface area contributed by atoms with E-state index in [-0.39, 0.29) is 5.56 Å². The number of carbonyl (C=O) groups excluding carboxylic acids is 2. The molecule has 2 aromatic carbocycles. The van der Waals surface area contributed by atoms with E-state index in [1.807, 2.05) is 13.8 Å². The van der Waals surface area contributed by atoms with E-state index in [0.717, 1.165) is 58.1 Å². The quantitative estimate of drug-likeness (QED) is 0.151. The van der Waals surface area contributed by atoms with Gasteiger partial charge in [-0.2, -0.15) is 4.99 Å². The van der Waals surface area contributed by atoms with Crippen LogP contribution in [0.3, 0.4) is 0 Å². The first-order valence-corrected chi connectivity index (χ1v) is 17.0. The second-order valence-corrected chi connectivity index (χ2v) is 13.5. The smallest absolute Gasteiger partial charge is 0.340 e. The first-order chi connectivity index (χ1) is 19.5. The molecule has 0 heterocycles. The number of unbranched alkanes of at least 4 members (excludes halogenated alkanes) is 4. The molecule has 2 aromatic rings. The lowest BCUT2D eigenvalue weighted by atomic mass is 10.0. The van der Waals surface area contributed by atoms with E-state index in [9.17, 15) is 35.2 Å². The summed E-state index contributed by atoms with van der Waals surface area (Å²) in [6.45, 7) is 4.04. The van der Waals surface area contributed by atoms with Crippen molar-refractivity contribution in [2.24, 2.45) is 16.5 Å². The summed E-state index contributed by atoms with van der Waals surface area (Å²) in [7, 11) is -6.45. The predicted molar refractivity (Wildman–Crippen MR) is 157 cm³/mol. The molecule has 2 rings (SSSR count). The number of carbonyl (C=O) groups is 2. The summed E-state index contributed by atoms with van der Waals surface area (Å²) in [5, 5.41) is 0. The van der Waals surface area contributed by atoms with Crippen molar-refractivity contribution in [3.63, 3.8) is 0 Å². The molecule has 0 bridgehead atoms. The van der Waals surface area contributed by atoms with E-state index in [2.05, 4.69) is 9.73 Å². The van der Waals surface area contributed by atoms with Gasteiger partial charge in [0.2, 0.25) is 0 Å². The molecule has 0 saturated heterocycles. The number of aliphatic imine (C=N–C) groups is 1. The molecule has 0 fully saturated rings. The molecule has 0 spiro atoms. The lowest BCUT2D eigenvalue weighted by molar-refractivity contribution is 0.0594. The van der Waals surface area contributed by atoms with E-state index in [1.165, 1.54) is 24.3 Å². The number of methoxy groups -OCH3 is 1. The Kier molecular flexibility index (Phi) is 14.2. The van der Waals surface area contributed by atoms with Crippen molar-refractivity contribution in [2.75, 3.05) is 19.6 Å². The Morgan fingerprint density at radius 2 is 1.17 bits per heavy atom. The number of halogens is 2. The van der Waals surface area contributed by atoms with Crippen molar-refractivity contribution in [2.45, 2.75) is 75.0 Å².